The van der Waals surface area contributed by atoms with Gasteiger partial charge in [0.05, 0.1) is 16.7 Å². The summed E-state index contributed by atoms with van der Waals surface area (Å²) in [7, 11) is 0. The number of fused-ring (bicyclic) bond motifs is 1. The van der Waals surface area contributed by atoms with Crippen molar-refractivity contribution in [3.63, 3.8) is 0 Å². The van der Waals surface area contributed by atoms with E-state index in [9.17, 15) is 0 Å². The van der Waals surface area contributed by atoms with E-state index in [-0.39, 0.29) is 0 Å². The number of hydrogen-bond acceptors (Lipinski definition) is 5. The molecule has 0 spiro atoms. The number of nitrogen functional groups attached to an aromatic ring is 2. The maximum atomic E-state index is 5.67. The van der Waals surface area contributed by atoms with Gasteiger partial charge in [0.1, 0.15) is 10.8 Å². The number of nitrogens with two attached hydrogens (primary N) is 2. The van der Waals surface area contributed by atoms with Gasteiger partial charge in [-0.1, -0.05) is 12.1 Å². The van der Waals surface area contributed by atoms with Gasteiger partial charge in [0, 0.05) is 0 Å². The van der Waals surface area contributed by atoms with Gasteiger partial charge >= 0.3 is 0 Å². The second kappa shape index (κ2) is 4.23. The maximum Gasteiger partial charge on any atom is 0.172 e. The van der Waals surface area contributed by atoms with E-state index in [2.05, 4.69) is 15.0 Å². The third-order valence-corrected chi connectivity index (χ3v) is 3.32. The van der Waals surface area contributed by atoms with Crippen LogP contribution in [0.1, 0.15) is 0 Å². The van der Waals surface area contributed by atoms with Gasteiger partial charge in [-0.05, 0) is 36.0 Å². The lowest BCUT2D eigenvalue weighted by Gasteiger charge is -2.01. The van der Waals surface area contributed by atoms with E-state index >= 15 is 0 Å². The van der Waals surface area contributed by atoms with Crippen LogP contribution in [-0.2, 0) is 0 Å². The Bertz CT molecular complexity index is 674. The number of nitrogens with zero attached hydrogens (tertiary/aromatic N) is 2. The number of benzene rings is 1. The maximum absolute atomic E-state index is 5.67. The summed E-state index contributed by atoms with van der Waals surface area (Å²) in [6.07, 6.45) is 0. The number of hydrogen-bond donors (Lipinski definition) is 3. The van der Waals surface area contributed by atoms with E-state index in [1.54, 1.807) is 6.07 Å². The SMILES string of the molecule is Nc1ccc(Sc2nc3ccccc3[nH]2)nc1N. The fraction of sp³-hybridized carbons (Fsp3) is 0. The van der Waals surface area contributed by atoms with E-state index in [1.165, 1.54) is 11.8 Å². The average molecular weight is 257 g/mol. The lowest BCUT2D eigenvalue weighted by atomic mass is 10.3. The van der Waals surface area contributed by atoms with Crippen molar-refractivity contribution < 1.29 is 0 Å². The number of rotatable bonds is 2. The molecule has 18 heavy (non-hydrogen) atoms. The van der Waals surface area contributed by atoms with Gasteiger partial charge in [0.25, 0.3) is 0 Å². The second-order valence-electron chi connectivity index (χ2n) is 3.79. The first-order chi connectivity index (χ1) is 8.72. The molecular weight excluding hydrogens is 246 g/mol. The average Bonchev–Trinajstić information content (AvgIpc) is 2.76. The third-order valence-electron chi connectivity index (χ3n) is 2.50. The van der Waals surface area contributed by atoms with Crippen LogP contribution in [0.3, 0.4) is 0 Å². The minimum Gasteiger partial charge on any atom is -0.396 e. The van der Waals surface area contributed by atoms with Crippen LogP contribution in [0.25, 0.3) is 11.0 Å². The van der Waals surface area contributed by atoms with Crippen molar-refractivity contribution in [1.29, 1.82) is 0 Å². The number of aromatic nitrogens is 3. The summed E-state index contributed by atoms with van der Waals surface area (Å²) in [6, 6.07) is 11.4. The Balaban J connectivity index is 1.93. The first kappa shape index (κ1) is 10.9. The Morgan fingerprint density at radius 2 is 1.83 bits per heavy atom. The second-order valence-corrected chi connectivity index (χ2v) is 4.79. The number of pyridine rings is 1. The molecule has 1 aromatic carbocycles. The summed E-state index contributed by atoms with van der Waals surface area (Å²) in [5.74, 6) is 0.344. The molecule has 2 heterocycles. The van der Waals surface area contributed by atoms with E-state index in [4.69, 9.17) is 11.5 Å². The Labute approximate surface area is 108 Å². The molecule has 0 unspecified atom stereocenters. The molecule has 0 atom stereocenters. The largest absolute Gasteiger partial charge is 0.396 e. The molecule has 0 aliphatic heterocycles. The summed E-state index contributed by atoms with van der Waals surface area (Å²) in [6.45, 7) is 0. The van der Waals surface area contributed by atoms with Crippen LogP contribution in [0.15, 0.2) is 46.6 Å². The van der Waals surface area contributed by atoms with Gasteiger partial charge < -0.3 is 16.5 Å². The molecule has 5 N–H and O–H groups in total. The molecule has 0 aliphatic carbocycles. The lowest BCUT2D eigenvalue weighted by molar-refractivity contribution is 1.06. The topological polar surface area (TPSA) is 93.6 Å². The zero-order chi connectivity index (χ0) is 12.5. The first-order valence-electron chi connectivity index (χ1n) is 5.37. The van der Waals surface area contributed by atoms with Crippen LogP contribution in [0.4, 0.5) is 11.5 Å². The molecule has 0 fully saturated rings. The molecule has 3 aromatic rings. The zero-order valence-corrected chi connectivity index (χ0v) is 10.2. The molecule has 90 valence electrons. The molecule has 0 saturated carbocycles. The van der Waals surface area contributed by atoms with Crippen molar-refractivity contribution in [1.82, 2.24) is 15.0 Å². The number of H-pyrrole nitrogens is 1. The van der Waals surface area contributed by atoms with Crippen LogP contribution >= 0.6 is 11.8 Å². The molecule has 0 amide bonds. The molecule has 6 heteroatoms. The van der Waals surface area contributed by atoms with E-state index in [0.29, 0.717) is 11.5 Å². The predicted molar refractivity (Wildman–Crippen MR) is 73.3 cm³/mol. The summed E-state index contributed by atoms with van der Waals surface area (Å²) < 4.78 is 0. The molecule has 0 saturated heterocycles. The number of nitrogens with one attached hydrogen (secondary N) is 1. The zero-order valence-electron chi connectivity index (χ0n) is 9.42. The third kappa shape index (κ3) is 1.98. The summed E-state index contributed by atoms with van der Waals surface area (Å²) in [4.78, 5) is 11.9. The smallest absolute Gasteiger partial charge is 0.172 e. The molecule has 0 bridgehead atoms. The monoisotopic (exact) mass is 257 g/mol. The molecular formula is C12H11N5S. The van der Waals surface area contributed by atoms with Crippen molar-refractivity contribution in [2.75, 3.05) is 11.5 Å². The Kier molecular flexibility index (Phi) is 2.56. The highest BCUT2D eigenvalue weighted by Gasteiger charge is 2.06. The summed E-state index contributed by atoms with van der Waals surface area (Å²) >= 11 is 1.42. The number of aromatic amines is 1. The van der Waals surface area contributed by atoms with Gasteiger partial charge in [0.2, 0.25) is 0 Å². The van der Waals surface area contributed by atoms with Gasteiger partial charge in [-0.3, -0.25) is 0 Å². The number of para-hydroxylation sites is 2. The van der Waals surface area contributed by atoms with E-state index in [0.717, 1.165) is 21.2 Å². The molecule has 0 radical (unpaired) electrons. The number of anilines is 2. The molecule has 3 rings (SSSR count). The number of imidazole rings is 1. The highest BCUT2D eigenvalue weighted by Crippen LogP contribution is 2.27. The van der Waals surface area contributed by atoms with Crippen LogP contribution < -0.4 is 11.5 Å². The fourth-order valence-corrected chi connectivity index (χ4v) is 2.38. The minimum atomic E-state index is 0.344. The van der Waals surface area contributed by atoms with Crippen LogP contribution in [0.5, 0.6) is 0 Å². The van der Waals surface area contributed by atoms with Gasteiger partial charge in [-0.15, -0.1) is 0 Å². The van der Waals surface area contributed by atoms with E-state index < -0.39 is 0 Å². The Morgan fingerprint density at radius 1 is 1.00 bits per heavy atom. The van der Waals surface area contributed by atoms with Crippen molar-refractivity contribution >= 4 is 34.3 Å². The Morgan fingerprint density at radius 3 is 2.61 bits per heavy atom. The lowest BCUT2D eigenvalue weighted by Crippen LogP contribution is -1.97. The predicted octanol–water partition coefficient (Wildman–Crippen LogP) is 2.27. The van der Waals surface area contributed by atoms with Gasteiger partial charge in [-0.25, -0.2) is 9.97 Å². The van der Waals surface area contributed by atoms with Crippen molar-refractivity contribution in [3.8, 4) is 0 Å². The fourth-order valence-electron chi connectivity index (χ4n) is 1.60. The quantitative estimate of drug-likeness (QED) is 0.654. The highest BCUT2D eigenvalue weighted by atomic mass is 32.2. The molecule has 5 nitrogen and oxygen atoms in total. The Hall–Kier alpha value is -2.21. The standard InChI is InChI=1S/C12H11N5S/c13-7-5-6-10(17-11(7)14)18-12-15-8-3-1-2-4-9(8)16-12/h1-6H,13H2,(H2,14,17)(H,15,16). The van der Waals surface area contributed by atoms with Gasteiger partial charge in [-0.2, -0.15) is 0 Å². The first-order valence-corrected chi connectivity index (χ1v) is 6.18. The van der Waals surface area contributed by atoms with Crippen molar-refractivity contribution in [3.05, 3.63) is 36.4 Å². The molecule has 0 aliphatic rings. The molecule has 2 aromatic heterocycles. The van der Waals surface area contributed by atoms with Gasteiger partial charge in [0.15, 0.2) is 5.16 Å². The normalized spacial score (nSPS) is 10.9. The summed E-state index contributed by atoms with van der Waals surface area (Å²) in [5.41, 5.74) is 13.7. The van der Waals surface area contributed by atoms with Crippen LogP contribution in [0, 0.1) is 0 Å². The van der Waals surface area contributed by atoms with Crippen molar-refractivity contribution in [2.24, 2.45) is 0 Å². The minimum absolute atomic E-state index is 0.344. The van der Waals surface area contributed by atoms with Crippen molar-refractivity contribution in [2.45, 2.75) is 10.2 Å². The van der Waals surface area contributed by atoms with Crippen LogP contribution in [-0.4, -0.2) is 15.0 Å². The van der Waals surface area contributed by atoms with E-state index in [1.807, 2.05) is 30.3 Å². The summed E-state index contributed by atoms with van der Waals surface area (Å²) in [5, 5.41) is 1.55. The van der Waals surface area contributed by atoms with Crippen LogP contribution in [0.2, 0.25) is 0 Å². The highest BCUT2D eigenvalue weighted by molar-refractivity contribution is 7.99.